The van der Waals surface area contributed by atoms with E-state index < -0.39 is 30.3 Å². The maximum absolute atomic E-state index is 12.7. The lowest BCUT2D eigenvalue weighted by molar-refractivity contribution is -0.0457. The normalized spacial score (nSPS) is 22.0. The second-order valence-corrected chi connectivity index (χ2v) is 12.3. The Morgan fingerprint density at radius 1 is 0.936 bits per heavy atom. The first kappa shape index (κ1) is 37.7. The van der Waals surface area contributed by atoms with Crippen LogP contribution in [0.15, 0.2) is 48.8 Å². The average molecular weight is 660 g/mol. The Morgan fingerprint density at radius 2 is 1.62 bits per heavy atom. The SMILES string of the molecule is CCCOC[C@H]1O[C@@H](n2cc(C)c(=O)n(CCC)c2=O)CC1N=[N+]=[N-].Cc1cn([C@H]2C=C[C@@H](COC(C)C)O2)c(=O)n(C(C)C)c1=O. The van der Waals surface area contributed by atoms with Gasteiger partial charge < -0.3 is 18.9 Å². The molecule has 0 N–H and O–H groups in total. The molecule has 0 aromatic carbocycles. The number of ether oxygens (including phenoxy) is 4. The topological polar surface area (TPSA) is 174 Å². The van der Waals surface area contributed by atoms with Gasteiger partial charge in [-0.1, -0.05) is 25.0 Å². The number of azide groups is 1. The van der Waals surface area contributed by atoms with E-state index in [0.29, 0.717) is 50.3 Å². The third kappa shape index (κ3) is 9.42. The fraction of sp³-hybridized carbons (Fsp3) is 0.688. The lowest BCUT2D eigenvalue weighted by Gasteiger charge is -2.20. The summed E-state index contributed by atoms with van der Waals surface area (Å²) in [5.74, 6) is 0. The van der Waals surface area contributed by atoms with Gasteiger partial charge in [0.05, 0.1) is 31.5 Å². The maximum Gasteiger partial charge on any atom is 0.333 e. The van der Waals surface area contributed by atoms with Crippen LogP contribution >= 0.6 is 0 Å². The molecule has 5 atom stereocenters. The Labute approximate surface area is 274 Å². The fourth-order valence-corrected chi connectivity index (χ4v) is 5.34. The molecule has 2 aliphatic heterocycles. The molecule has 0 spiro atoms. The summed E-state index contributed by atoms with van der Waals surface area (Å²) in [6, 6.07) is -0.609. The molecule has 4 heterocycles. The molecule has 47 heavy (non-hydrogen) atoms. The van der Waals surface area contributed by atoms with Crippen LogP contribution in [0.25, 0.3) is 10.4 Å². The zero-order valence-electron chi connectivity index (χ0n) is 28.7. The number of nitrogens with zero attached hydrogens (tertiary/aromatic N) is 7. The Bertz CT molecular complexity index is 1670. The van der Waals surface area contributed by atoms with Gasteiger partial charge in [0.2, 0.25) is 0 Å². The molecule has 0 radical (unpaired) electrons. The molecular weight excluding hydrogens is 610 g/mol. The highest BCUT2D eigenvalue weighted by molar-refractivity contribution is 5.08. The first-order valence-corrected chi connectivity index (χ1v) is 16.2. The Balaban J connectivity index is 0.000000257. The minimum absolute atomic E-state index is 0.129. The van der Waals surface area contributed by atoms with Crippen LogP contribution in [0.5, 0.6) is 0 Å². The van der Waals surface area contributed by atoms with Crippen molar-refractivity contribution < 1.29 is 18.9 Å². The first-order valence-electron chi connectivity index (χ1n) is 16.2. The van der Waals surface area contributed by atoms with E-state index in [1.807, 2.05) is 53.7 Å². The third-order valence-electron chi connectivity index (χ3n) is 7.66. The van der Waals surface area contributed by atoms with Gasteiger partial charge in [-0.05, 0) is 66.0 Å². The average Bonchev–Trinajstić information content (AvgIpc) is 3.66. The van der Waals surface area contributed by atoms with E-state index in [2.05, 4.69) is 10.0 Å². The Hall–Kier alpha value is -3.75. The van der Waals surface area contributed by atoms with Crippen molar-refractivity contribution in [2.24, 2.45) is 5.11 Å². The van der Waals surface area contributed by atoms with Crippen LogP contribution in [0.3, 0.4) is 0 Å². The van der Waals surface area contributed by atoms with Gasteiger partial charge in [0.1, 0.15) is 12.3 Å². The van der Waals surface area contributed by atoms with Crippen LogP contribution in [0, 0.1) is 13.8 Å². The zero-order valence-corrected chi connectivity index (χ0v) is 28.7. The fourth-order valence-electron chi connectivity index (χ4n) is 5.34. The number of aryl methyl sites for hydroxylation is 2. The molecule has 15 heteroatoms. The number of aromatic nitrogens is 4. The lowest BCUT2D eigenvalue weighted by Crippen LogP contribution is -2.43. The smallest absolute Gasteiger partial charge is 0.333 e. The van der Waals surface area contributed by atoms with Gasteiger partial charge >= 0.3 is 11.4 Å². The highest BCUT2D eigenvalue weighted by Gasteiger charge is 2.36. The Kier molecular flexibility index (Phi) is 14.0. The van der Waals surface area contributed by atoms with Gasteiger partial charge in [0.15, 0.2) is 6.23 Å². The number of rotatable bonds is 13. The van der Waals surface area contributed by atoms with Crippen LogP contribution in [-0.2, 0) is 25.5 Å². The maximum atomic E-state index is 12.7. The molecular formula is C32H49N7O8. The second-order valence-electron chi connectivity index (χ2n) is 12.3. The Morgan fingerprint density at radius 3 is 2.23 bits per heavy atom. The van der Waals surface area contributed by atoms with E-state index >= 15 is 0 Å². The summed E-state index contributed by atoms with van der Waals surface area (Å²) in [5, 5.41) is 3.78. The van der Waals surface area contributed by atoms with Crippen LogP contribution in [0.2, 0.25) is 0 Å². The molecule has 0 bridgehead atoms. The molecule has 2 aromatic heterocycles. The van der Waals surface area contributed by atoms with E-state index in [1.165, 1.54) is 24.5 Å². The van der Waals surface area contributed by atoms with Crippen molar-refractivity contribution in [3.8, 4) is 0 Å². The highest BCUT2D eigenvalue weighted by atomic mass is 16.6. The minimum atomic E-state index is -0.583. The lowest BCUT2D eigenvalue weighted by atomic mass is 10.1. The summed E-state index contributed by atoms with van der Waals surface area (Å²) >= 11 is 0. The summed E-state index contributed by atoms with van der Waals surface area (Å²) in [6.07, 6.45) is 7.17. The van der Waals surface area contributed by atoms with Gasteiger partial charge in [-0.2, -0.15) is 0 Å². The summed E-state index contributed by atoms with van der Waals surface area (Å²) in [4.78, 5) is 52.3. The van der Waals surface area contributed by atoms with Gasteiger partial charge in [-0.25, -0.2) is 9.59 Å². The minimum Gasteiger partial charge on any atom is -0.379 e. The molecule has 1 unspecified atom stereocenters. The third-order valence-corrected chi connectivity index (χ3v) is 7.66. The zero-order chi connectivity index (χ0) is 34.8. The quantitative estimate of drug-likeness (QED) is 0.102. The van der Waals surface area contributed by atoms with E-state index in [1.54, 1.807) is 20.0 Å². The molecule has 15 nitrogen and oxygen atoms in total. The molecule has 2 aromatic rings. The molecule has 260 valence electrons. The molecule has 1 saturated heterocycles. The summed E-state index contributed by atoms with van der Waals surface area (Å²) < 4.78 is 28.1. The van der Waals surface area contributed by atoms with E-state index in [4.69, 9.17) is 24.5 Å². The van der Waals surface area contributed by atoms with Crippen molar-refractivity contribution in [2.75, 3.05) is 19.8 Å². The van der Waals surface area contributed by atoms with Gasteiger partial charge in [-0.15, -0.1) is 0 Å². The molecule has 0 amide bonds. The predicted molar refractivity (Wildman–Crippen MR) is 177 cm³/mol. The molecule has 1 fully saturated rings. The summed E-state index contributed by atoms with van der Waals surface area (Å²) in [5.41, 5.74) is 8.47. The van der Waals surface area contributed by atoms with Crippen molar-refractivity contribution in [2.45, 2.75) is 124 Å². The van der Waals surface area contributed by atoms with Crippen LogP contribution in [-0.4, -0.2) is 62.4 Å². The van der Waals surface area contributed by atoms with E-state index in [9.17, 15) is 19.2 Å². The predicted octanol–water partition coefficient (Wildman–Crippen LogP) is 3.90. The van der Waals surface area contributed by atoms with Crippen LogP contribution in [0.1, 0.15) is 90.4 Å². The van der Waals surface area contributed by atoms with Gasteiger partial charge in [0.25, 0.3) is 11.1 Å². The highest BCUT2D eigenvalue weighted by Crippen LogP contribution is 2.30. The first-order chi connectivity index (χ1) is 22.3. The number of hydrogen-bond acceptors (Lipinski definition) is 9. The van der Waals surface area contributed by atoms with Gasteiger partial charge in [0, 0.05) is 54.0 Å². The van der Waals surface area contributed by atoms with Crippen molar-refractivity contribution in [3.05, 3.63) is 87.8 Å². The van der Waals surface area contributed by atoms with Crippen LogP contribution in [0.4, 0.5) is 0 Å². The van der Waals surface area contributed by atoms with Gasteiger partial charge in [-0.3, -0.25) is 27.9 Å². The standard InChI is InChI=1S/C16H25N5O4.C16H24N2O4/c1-4-6-20-15(22)11(3)9-21(16(20)23)14-8-12(18-19-17)13(25-14)10-24-7-5-2;1-10(2)18-15(19)12(5)8-17(16(18)20)14-7-6-13(22-14)9-21-11(3)4/h9,12-14H,4-8,10H2,1-3H3;6-8,10-11,13-14H,9H2,1-5H3/t12?,13-,14-;13-,14+/m10/s1. The van der Waals surface area contributed by atoms with Crippen molar-refractivity contribution >= 4 is 0 Å². The molecule has 0 aliphatic carbocycles. The van der Waals surface area contributed by atoms with Crippen LogP contribution < -0.4 is 22.5 Å². The largest absolute Gasteiger partial charge is 0.379 e. The van der Waals surface area contributed by atoms with E-state index in [0.717, 1.165) is 6.42 Å². The van der Waals surface area contributed by atoms with Crippen molar-refractivity contribution in [3.63, 3.8) is 0 Å². The monoisotopic (exact) mass is 659 g/mol. The number of hydrogen-bond donors (Lipinski definition) is 0. The summed E-state index contributed by atoms with van der Waals surface area (Å²) in [6.45, 7) is 16.5. The van der Waals surface area contributed by atoms with E-state index in [-0.39, 0.29) is 35.1 Å². The second kappa shape index (κ2) is 17.4. The summed E-state index contributed by atoms with van der Waals surface area (Å²) in [7, 11) is 0. The molecule has 4 rings (SSSR count). The molecule has 0 saturated carbocycles. The van der Waals surface area contributed by atoms with Crippen molar-refractivity contribution in [1.82, 2.24) is 18.3 Å². The molecule has 2 aliphatic rings. The van der Waals surface area contributed by atoms with Crippen molar-refractivity contribution in [1.29, 1.82) is 0 Å².